The van der Waals surface area contributed by atoms with Crippen LogP contribution in [-0.2, 0) is 6.54 Å². The summed E-state index contributed by atoms with van der Waals surface area (Å²) in [4.78, 5) is 4.52. The molecular weight excluding hydrogens is 272 g/mol. The van der Waals surface area contributed by atoms with Crippen LogP contribution in [0.1, 0.15) is 5.56 Å². The van der Waals surface area contributed by atoms with E-state index in [9.17, 15) is 0 Å². The summed E-state index contributed by atoms with van der Waals surface area (Å²) in [7, 11) is 0. The standard InChI is InChI=1S/C15H11ClN4/c16-11-7-5-10(6-8-11)13-9-20-14-4-2-1-3-12(14)17-15(20)19-18-13/h1-8H,9H2,(H,17,19). The average molecular weight is 283 g/mol. The molecule has 3 aromatic rings. The zero-order chi connectivity index (χ0) is 13.5. The predicted molar refractivity (Wildman–Crippen MR) is 81.3 cm³/mol. The topological polar surface area (TPSA) is 42.2 Å². The van der Waals surface area contributed by atoms with E-state index < -0.39 is 0 Å². The first kappa shape index (κ1) is 11.5. The van der Waals surface area contributed by atoms with Gasteiger partial charge in [0.05, 0.1) is 23.3 Å². The molecule has 0 bridgehead atoms. The fourth-order valence-corrected chi connectivity index (χ4v) is 2.55. The lowest BCUT2D eigenvalue weighted by molar-refractivity contribution is 0.852. The Morgan fingerprint density at radius 1 is 1.05 bits per heavy atom. The number of imidazole rings is 1. The van der Waals surface area contributed by atoms with Gasteiger partial charge in [-0.3, -0.25) is 0 Å². The highest BCUT2D eigenvalue weighted by Gasteiger charge is 2.17. The summed E-state index contributed by atoms with van der Waals surface area (Å²) in [6.07, 6.45) is 0. The molecule has 1 aliphatic heterocycles. The fraction of sp³-hybridized carbons (Fsp3) is 0.0667. The summed E-state index contributed by atoms with van der Waals surface area (Å²) >= 11 is 5.92. The summed E-state index contributed by atoms with van der Waals surface area (Å²) in [5.74, 6) is 0.781. The zero-order valence-electron chi connectivity index (χ0n) is 10.5. The van der Waals surface area contributed by atoms with Crippen molar-refractivity contribution in [2.75, 3.05) is 5.43 Å². The zero-order valence-corrected chi connectivity index (χ0v) is 11.3. The van der Waals surface area contributed by atoms with E-state index in [4.69, 9.17) is 11.6 Å². The summed E-state index contributed by atoms with van der Waals surface area (Å²) in [5.41, 5.74) is 7.13. The maximum absolute atomic E-state index is 5.92. The van der Waals surface area contributed by atoms with Crippen molar-refractivity contribution in [2.24, 2.45) is 5.10 Å². The van der Waals surface area contributed by atoms with Gasteiger partial charge in [-0.1, -0.05) is 35.9 Å². The van der Waals surface area contributed by atoms with Gasteiger partial charge in [0.15, 0.2) is 0 Å². The van der Waals surface area contributed by atoms with Crippen LogP contribution in [0.4, 0.5) is 5.95 Å². The quantitative estimate of drug-likeness (QED) is 0.742. The van der Waals surface area contributed by atoms with E-state index in [-0.39, 0.29) is 0 Å². The van der Waals surface area contributed by atoms with Gasteiger partial charge in [-0.25, -0.2) is 10.4 Å². The van der Waals surface area contributed by atoms with E-state index in [0.717, 1.165) is 33.3 Å². The Bertz CT molecular complexity index is 818. The Labute approximate surface area is 120 Å². The second kappa shape index (κ2) is 4.35. The van der Waals surface area contributed by atoms with Crippen LogP contribution in [-0.4, -0.2) is 15.3 Å². The molecule has 98 valence electrons. The number of hydrazone groups is 1. The predicted octanol–water partition coefficient (Wildman–Crippen LogP) is 3.52. The molecule has 20 heavy (non-hydrogen) atoms. The number of hydrogen-bond donors (Lipinski definition) is 1. The van der Waals surface area contributed by atoms with Gasteiger partial charge in [0.1, 0.15) is 0 Å². The molecule has 1 aliphatic rings. The maximum Gasteiger partial charge on any atom is 0.225 e. The van der Waals surface area contributed by atoms with Crippen LogP contribution in [0.25, 0.3) is 11.0 Å². The number of benzene rings is 2. The van der Waals surface area contributed by atoms with Crippen molar-refractivity contribution >= 4 is 34.3 Å². The number of anilines is 1. The molecule has 0 spiro atoms. The Morgan fingerprint density at radius 2 is 1.85 bits per heavy atom. The average Bonchev–Trinajstić information content (AvgIpc) is 2.86. The Morgan fingerprint density at radius 3 is 2.70 bits per heavy atom. The number of rotatable bonds is 1. The van der Waals surface area contributed by atoms with Crippen molar-refractivity contribution in [1.29, 1.82) is 0 Å². The molecule has 5 heteroatoms. The molecule has 0 unspecified atom stereocenters. The van der Waals surface area contributed by atoms with Crippen molar-refractivity contribution in [3.63, 3.8) is 0 Å². The van der Waals surface area contributed by atoms with Gasteiger partial charge in [0.25, 0.3) is 0 Å². The second-order valence-corrected chi connectivity index (χ2v) is 5.12. The van der Waals surface area contributed by atoms with Gasteiger partial charge in [0.2, 0.25) is 5.95 Å². The summed E-state index contributed by atoms with van der Waals surface area (Å²) < 4.78 is 2.13. The first-order valence-electron chi connectivity index (χ1n) is 6.35. The van der Waals surface area contributed by atoms with Gasteiger partial charge in [-0.15, -0.1) is 0 Å². The molecule has 1 aromatic heterocycles. The first-order valence-corrected chi connectivity index (χ1v) is 6.73. The van der Waals surface area contributed by atoms with E-state index >= 15 is 0 Å². The highest BCUT2D eigenvalue weighted by Crippen LogP contribution is 2.23. The van der Waals surface area contributed by atoms with Crippen LogP contribution < -0.4 is 5.43 Å². The Balaban J connectivity index is 1.77. The minimum atomic E-state index is 0.699. The molecule has 0 saturated carbocycles. The van der Waals surface area contributed by atoms with Gasteiger partial charge in [0, 0.05) is 5.02 Å². The second-order valence-electron chi connectivity index (χ2n) is 4.69. The Hall–Kier alpha value is -2.33. The number of fused-ring (bicyclic) bond motifs is 3. The smallest absolute Gasteiger partial charge is 0.225 e. The van der Waals surface area contributed by atoms with Crippen LogP contribution in [0.5, 0.6) is 0 Å². The van der Waals surface area contributed by atoms with E-state index in [2.05, 4.69) is 26.1 Å². The highest BCUT2D eigenvalue weighted by molar-refractivity contribution is 6.30. The van der Waals surface area contributed by atoms with Crippen molar-refractivity contribution in [3.8, 4) is 0 Å². The molecule has 4 rings (SSSR count). The third kappa shape index (κ3) is 1.77. The number of para-hydroxylation sites is 2. The minimum absolute atomic E-state index is 0.699. The molecule has 0 aliphatic carbocycles. The van der Waals surface area contributed by atoms with E-state index in [1.807, 2.05) is 42.5 Å². The number of nitrogens with zero attached hydrogens (tertiary/aromatic N) is 3. The lowest BCUT2D eigenvalue weighted by Gasteiger charge is -2.16. The third-order valence-corrected chi connectivity index (χ3v) is 3.68. The molecular formula is C15H11ClN4. The SMILES string of the molecule is Clc1ccc(C2=NNc3nc4ccccc4n3C2)cc1. The van der Waals surface area contributed by atoms with E-state index in [0.29, 0.717) is 6.54 Å². The molecule has 0 radical (unpaired) electrons. The van der Waals surface area contributed by atoms with Crippen molar-refractivity contribution in [1.82, 2.24) is 9.55 Å². The molecule has 2 aromatic carbocycles. The summed E-state index contributed by atoms with van der Waals surface area (Å²) in [6.45, 7) is 0.699. The van der Waals surface area contributed by atoms with E-state index in [1.54, 1.807) is 0 Å². The summed E-state index contributed by atoms with van der Waals surface area (Å²) in [6, 6.07) is 15.8. The van der Waals surface area contributed by atoms with Gasteiger partial charge < -0.3 is 4.57 Å². The minimum Gasteiger partial charge on any atom is -0.303 e. The van der Waals surface area contributed by atoms with Crippen LogP contribution in [0.15, 0.2) is 53.6 Å². The summed E-state index contributed by atoms with van der Waals surface area (Å²) in [5, 5.41) is 5.13. The lowest BCUT2D eigenvalue weighted by Crippen LogP contribution is -2.20. The molecule has 0 saturated heterocycles. The first-order chi connectivity index (χ1) is 9.81. The normalized spacial score (nSPS) is 13.8. The molecule has 0 fully saturated rings. The third-order valence-electron chi connectivity index (χ3n) is 3.43. The fourth-order valence-electron chi connectivity index (χ4n) is 2.42. The number of nitrogens with one attached hydrogen (secondary N) is 1. The van der Waals surface area contributed by atoms with Gasteiger partial charge in [-0.05, 0) is 29.8 Å². The molecule has 2 heterocycles. The van der Waals surface area contributed by atoms with Crippen molar-refractivity contribution in [2.45, 2.75) is 6.54 Å². The number of hydrogen-bond acceptors (Lipinski definition) is 3. The largest absolute Gasteiger partial charge is 0.303 e. The molecule has 0 atom stereocenters. The Kier molecular flexibility index (Phi) is 2.50. The van der Waals surface area contributed by atoms with Crippen LogP contribution in [0.3, 0.4) is 0 Å². The van der Waals surface area contributed by atoms with Crippen LogP contribution in [0, 0.1) is 0 Å². The lowest BCUT2D eigenvalue weighted by atomic mass is 10.1. The highest BCUT2D eigenvalue weighted by atomic mass is 35.5. The number of aromatic nitrogens is 2. The van der Waals surface area contributed by atoms with Crippen LogP contribution >= 0.6 is 11.6 Å². The van der Waals surface area contributed by atoms with E-state index in [1.165, 1.54) is 0 Å². The molecule has 0 amide bonds. The van der Waals surface area contributed by atoms with Gasteiger partial charge >= 0.3 is 0 Å². The molecule has 1 N–H and O–H groups in total. The molecule has 4 nitrogen and oxygen atoms in total. The van der Waals surface area contributed by atoms with Crippen LogP contribution in [0.2, 0.25) is 5.02 Å². The van der Waals surface area contributed by atoms with Gasteiger partial charge in [-0.2, -0.15) is 5.10 Å². The van der Waals surface area contributed by atoms with Crippen molar-refractivity contribution < 1.29 is 0 Å². The number of halogens is 1. The monoisotopic (exact) mass is 282 g/mol. The van der Waals surface area contributed by atoms with Crippen molar-refractivity contribution in [3.05, 3.63) is 59.1 Å². The maximum atomic E-state index is 5.92.